The van der Waals surface area contributed by atoms with Gasteiger partial charge in [-0.2, -0.15) is 0 Å². The van der Waals surface area contributed by atoms with Gasteiger partial charge in [-0.15, -0.1) is 0 Å². The fourth-order valence-corrected chi connectivity index (χ4v) is 2.03. The Balaban J connectivity index is 2.24. The highest BCUT2D eigenvalue weighted by Crippen LogP contribution is 2.31. The summed E-state index contributed by atoms with van der Waals surface area (Å²) in [5.41, 5.74) is 8.66. The number of amides is 1. The van der Waals surface area contributed by atoms with Crippen LogP contribution in [0.5, 0.6) is 0 Å². The third-order valence-electron chi connectivity index (χ3n) is 2.89. The van der Waals surface area contributed by atoms with Gasteiger partial charge < -0.3 is 16.0 Å². The van der Waals surface area contributed by atoms with E-state index in [0.29, 0.717) is 13.0 Å². The Morgan fingerprint density at radius 1 is 1.50 bits per heavy atom. The maximum Gasteiger partial charge on any atom is 0.231 e. The average molecular weight is 219 g/mol. The van der Waals surface area contributed by atoms with Crippen molar-refractivity contribution in [2.45, 2.75) is 12.8 Å². The van der Waals surface area contributed by atoms with E-state index >= 15 is 0 Å². The molecule has 0 bridgehead atoms. The number of nitrogens with one attached hydrogen (secondary N) is 1. The van der Waals surface area contributed by atoms with Crippen LogP contribution in [-0.2, 0) is 11.2 Å². The minimum absolute atomic E-state index is 0.178. The summed E-state index contributed by atoms with van der Waals surface area (Å²) in [4.78, 5) is 13.6. The lowest BCUT2D eigenvalue weighted by Gasteiger charge is -2.17. The summed E-state index contributed by atoms with van der Waals surface area (Å²) >= 11 is 0. The molecule has 0 aromatic heterocycles. The number of carbonyl (C=O) groups excluding carboxylic acids is 1. The summed E-state index contributed by atoms with van der Waals surface area (Å²) in [6.45, 7) is 1.34. The minimum Gasteiger partial charge on any atom is -0.388 e. The third-order valence-corrected chi connectivity index (χ3v) is 2.89. The maximum atomic E-state index is 11.8. The molecule has 0 radical (unpaired) electrons. The highest BCUT2D eigenvalue weighted by atomic mass is 16.2. The molecule has 16 heavy (non-hydrogen) atoms. The van der Waals surface area contributed by atoms with Crippen LogP contribution in [0, 0.1) is 0 Å². The van der Waals surface area contributed by atoms with Gasteiger partial charge in [-0.1, -0.05) is 0 Å². The summed E-state index contributed by atoms with van der Waals surface area (Å²) in [5, 5.41) is 3.08. The molecule has 0 saturated carbocycles. The van der Waals surface area contributed by atoms with Gasteiger partial charge in [0.15, 0.2) is 0 Å². The van der Waals surface area contributed by atoms with E-state index in [1.165, 1.54) is 0 Å². The normalized spacial score (nSPS) is 14.1. The molecule has 0 aliphatic carbocycles. The summed E-state index contributed by atoms with van der Waals surface area (Å²) in [7, 11) is 1.88. The lowest BCUT2D eigenvalue weighted by molar-refractivity contribution is -0.117. The Kier molecular flexibility index (Phi) is 3.10. The number of anilines is 2. The Bertz CT molecular complexity index is 403. The fourth-order valence-electron chi connectivity index (χ4n) is 2.03. The summed E-state index contributed by atoms with van der Waals surface area (Å²) < 4.78 is 0. The smallest absolute Gasteiger partial charge is 0.231 e. The quantitative estimate of drug-likeness (QED) is 0.793. The van der Waals surface area contributed by atoms with E-state index in [0.717, 1.165) is 29.9 Å². The van der Waals surface area contributed by atoms with Gasteiger partial charge in [0, 0.05) is 25.0 Å². The van der Waals surface area contributed by atoms with Gasteiger partial charge in [0.2, 0.25) is 5.91 Å². The van der Waals surface area contributed by atoms with Gasteiger partial charge in [-0.3, -0.25) is 4.79 Å². The number of nitrogens with zero attached hydrogens (tertiary/aromatic N) is 1. The van der Waals surface area contributed by atoms with Crippen molar-refractivity contribution >= 4 is 17.3 Å². The zero-order valence-corrected chi connectivity index (χ0v) is 9.49. The van der Waals surface area contributed by atoms with Crippen LogP contribution >= 0.6 is 0 Å². The maximum absolute atomic E-state index is 11.8. The Hall–Kier alpha value is -1.55. The number of carbonyl (C=O) groups is 1. The molecule has 1 aromatic carbocycles. The van der Waals surface area contributed by atoms with E-state index in [1.54, 1.807) is 0 Å². The second-order valence-electron chi connectivity index (χ2n) is 3.96. The number of hydrogen-bond donors (Lipinski definition) is 2. The molecule has 4 nitrogen and oxygen atoms in total. The van der Waals surface area contributed by atoms with Crippen LogP contribution in [0.25, 0.3) is 0 Å². The lowest BCUT2D eigenvalue weighted by Crippen LogP contribution is -2.29. The second-order valence-corrected chi connectivity index (χ2v) is 3.96. The van der Waals surface area contributed by atoms with Crippen LogP contribution in [0.2, 0.25) is 0 Å². The Morgan fingerprint density at radius 2 is 2.31 bits per heavy atom. The average Bonchev–Trinajstić information content (AvgIpc) is 2.61. The first kappa shape index (κ1) is 11.0. The molecule has 0 spiro atoms. The number of benzene rings is 1. The van der Waals surface area contributed by atoms with E-state index in [-0.39, 0.29) is 5.91 Å². The van der Waals surface area contributed by atoms with Gasteiger partial charge in [0.05, 0.1) is 6.42 Å². The largest absolute Gasteiger partial charge is 0.388 e. The number of hydrogen-bond acceptors (Lipinski definition) is 3. The van der Waals surface area contributed by atoms with E-state index in [4.69, 9.17) is 5.73 Å². The van der Waals surface area contributed by atoms with Gasteiger partial charge in [-0.25, -0.2) is 0 Å². The monoisotopic (exact) mass is 219 g/mol. The molecule has 1 aliphatic heterocycles. The Labute approximate surface area is 95.4 Å². The molecule has 0 unspecified atom stereocenters. The summed E-state index contributed by atoms with van der Waals surface area (Å²) in [5.74, 6) is 0.178. The molecule has 86 valence electrons. The van der Waals surface area contributed by atoms with Crippen molar-refractivity contribution in [1.29, 1.82) is 0 Å². The van der Waals surface area contributed by atoms with Crippen molar-refractivity contribution in [2.75, 3.05) is 30.4 Å². The van der Waals surface area contributed by atoms with Crippen LogP contribution in [-0.4, -0.2) is 26.0 Å². The summed E-state index contributed by atoms with van der Waals surface area (Å²) in [6.07, 6.45) is 1.36. The highest BCUT2D eigenvalue weighted by Gasteiger charge is 2.26. The van der Waals surface area contributed by atoms with E-state index in [1.807, 2.05) is 30.1 Å². The fraction of sp³-hybridized carbons (Fsp3) is 0.417. The first-order valence-electron chi connectivity index (χ1n) is 5.57. The number of nitrogens with two attached hydrogens (primary N) is 1. The molecule has 1 aliphatic rings. The van der Waals surface area contributed by atoms with Crippen molar-refractivity contribution in [3.63, 3.8) is 0 Å². The summed E-state index contributed by atoms with van der Waals surface area (Å²) in [6, 6.07) is 6.03. The second kappa shape index (κ2) is 4.53. The standard InChI is InChI=1S/C12H17N3O/c1-14-10-3-4-11-9(7-10)8-12(16)15(11)6-2-5-13/h3-4,7,14H,2,5-6,8,13H2,1H3. The van der Waals surface area contributed by atoms with Crippen LogP contribution in [0.15, 0.2) is 18.2 Å². The lowest BCUT2D eigenvalue weighted by atomic mass is 10.1. The van der Waals surface area contributed by atoms with E-state index in [2.05, 4.69) is 5.32 Å². The van der Waals surface area contributed by atoms with E-state index < -0.39 is 0 Å². The van der Waals surface area contributed by atoms with Crippen molar-refractivity contribution < 1.29 is 4.79 Å². The van der Waals surface area contributed by atoms with Crippen LogP contribution < -0.4 is 16.0 Å². The van der Waals surface area contributed by atoms with Crippen molar-refractivity contribution in [2.24, 2.45) is 5.73 Å². The van der Waals surface area contributed by atoms with E-state index in [9.17, 15) is 4.79 Å². The van der Waals surface area contributed by atoms with Crippen LogP contribution in [0.3, 0.4) is 0 Å². The molecule has 0 atom stereocenters. The number of fused-ring (bicyclic) bond motifs is 1. The predicted octanol–water partition coefficient (Wildman–Crippen LogP) is 0.966. The molecule has 1 amide bonds. The zero-order chi connectivity index (χ0) is 11.5. The first-order chi connectivity index (χ1) is 7.76. The van der Waals surface area contributed by atoms with Crippen LogP contribution in [0.1, 0.15) is 12.0 Å². The van der Waals surface area contributed by atoms with Crippen molar-refractivity contribution in [3.8, 4) is 0 Å². The van der Waals surface area contributed by atoms with Crippen LogP contribution in [0.4, 0.5) is 11.4 Å². The molecule has 1 heterocycles. The highest BCUT2D eigenvalue weighted by molar-refractivity contribution is 6.01. The molecule has 0 fully saturated rings. The van der Waals surface area contributed by atoms with Crippen molar-refractivity contribution in [1.82, 2.24) is 0 Å². The molecular weight excluding hydrogens is 202 g/mol. The van der Waals surface area contributed by atoms with Crippen molar-refractivity contribution in [3.05, 3.63) is 23.8 Å². The van der Waals surface area contributed by atoms with Gasteiger partial charge >= 0.3 is 0 Å². The number of rotatable bonds is 4. The zero-order valence-electron chi connectivity index (χ0n) is 9.49. The third kappa shape index (κ3) is 1.88. The molecular formula is C12H17N3O. The van der Waals surface area contributed by atoms with Gasteiger partial charge in [0.25, 0.3) is 0 Å². The SMILES string of the molecule is CNc1ccc2c(c1)CC(=O)N2CCCN. The van der Waals surface area contributed by atoms with Gasteiger partial charge in [0.1, 0.15) is 0 Å². The first-order valence-corrected chi connectivity index (χ1v) is 5.57. The van der Waals surface area contributed by atoms with Gasteiger partial charge in [-0.05, 0) is 36.7 Å². The molecule has 2 rings (SSSR count). The Morgan fingerprint density at radius 3 is 3.00 bits per heavy atom. The molecule has 1 aromatic rings. The molecule has 3 N–H and O–H groups in total. The molecule has 4 heteroatoms. The minimum atomic E-state index is 0.178. The molecule has 0 saturated heterocycles. The predicted molar refractivity (Wildman–Crippen MR) is 65.7 cm³/mol. The topological polar surface area (TPSA) is 58.4 Å².